The predicted molar refractivity (Wildman–Crippen MR) is 92.8 cm³/mol. The Labute approximate surface area is 144 Å². The highest BCUT2D eigenvalue weighted by Gasteiger charge is 2.15. The first-order valence-electron chi connectivity index (χ1n) is 6.93. The third kappa shape index (κ3) is 5.37. The van der Waals surface area contributed by atoms with E-state index in [0.29, 0.717) is 23.6 Å². The van der Waals surface area contributed by atoms with E-state index < -0.39 is 20.0 Å². The van der Waals surface area contributed by atoms with Gasteiger partial charge in [0.15, 0.2) is 0 Å². The lowest BCUT2D eigenvalue weighted by Crippen LogP contribution is -2.23. The summed E-state index contributed by atoms with van der Waals surface area (Å²) >= 11 is 2.31. The van der Waals surface area contributed by atoms with Crippen LogP contribution >= 0.6 is 22.7 Å². The van der Waals surface area contributed by atoms with Crippen molar-refractivity contribution in [3.05, 3.63) is 34.5 Å². The average Bonchev–Trinajstić information content (AvgIpc) is 3.12. The van der Waals surface area contributed by atoms with Crippen LogP contribution in [0.15, 0.2) is 37.4 Å². The second-order valence-electron chi connectivity index (χ2n) is 4.92. The van der Waals surface area contributed by atoms with Gasteiger partial charge in [0, 0.05) is 6.54 Å². The smallest absolute Gasteiger partial charge is 0.224 e. The van der Waals surface area contributed by atoms with Gasteiger partial charge in [-0.25, -0.2) is 26.7 Å². The van der Waals surface area contributed by atoms with E-state index in [0.717, 1.165) is 29.7 Å². The molecule has 0 aliphatic rings. The molecular formula is C13H18N2O4S4. The molecule has 0 aliphatic carbocycles. The predicted octanol–water partition coefficient (Wildman–Crippen LogP) is 2.15. The van der Waals surface area contributed by atoms with Crippen molar-refractivity contribution in [1.29, 1.82) is 0 Å². The van der Waals surface area contributed by atoms with Crippen molar-refractivity contribution in [2.24, 2.45) is 5.14 Å². The lowest BCUT2D eigenvalue weighted by Gasteiger charge is -2.05. The van der Waals surface area contributed by atoms with Gasteiger partial charge in [-0.05, 0) is 47.7 Å². The van der Waals surface area contributed by atoms with Gasteiger partial charge in [-0.3, -0.25) is 0 Å². The molecule has 0 amide bonds. The summed E-state index contributed by atoms with van der Waals surface area (Å²) in [6.07, 6.45) is 2.89. The Kier molecular flexibility index (Phi) is 6.34. The summed E-state index contributed by atoms with van der Waals surface area (Å²) in [5.41, 5.74) is 0.733. The highest BCUT2D eigenvalue weighted by atomic mass is 32.3. The summed E-state index contributed by atoms with van der Waals surface area (Å²) in [7, 11) is -7.05. The van der Waals surface area contributed by atoms with Crippen molar-refractivity contribution in [1.82, 2.24) is 4.72 Å². The number of primary sulfonamides is 1. The van der Waals surface area contributed by atoms with E-state index in [1.165, 1.54) is 11.3 Å². The van der Waals surface area contributed by atoms with Gasteiger partial charge in [0.1, 0.15) is 8.42 Å². The highest BCUT2D eigenvalue weighted by Crippen LogP contribution is 2.23. The quantitative estimate of drug-likeness (QED) is 0.636. The van der Waals surface area contributed by atoms with Gasteiger partial charge in [-0.1, -0.05) is 12.5 Å². The van der Waals surface area contributed by atoms with Crippen molar-refractivity contribution >= 4 is 42.7 Å². The second kappa shape index (κ2) is 7.86. The number of hydrogen-bond donors (Lipinski definition) is 2. The zero-order chi connectivity index (χ0) is 16.9. The minimum Gasteiger partial charge on any atom is -0.224 e. The molecule has 2 aromatic heterocycles. The van der Waals surface area contributed by atoms with Crippen molar-refractivity contribution in [3.8, 4) is 0 Å². The standard InChI is InChI=1S/C13H18N2O4S4/c14-22(16,17)13-11(7-10-21-13)5-2-1-3-8-15-23(18,19)12-6-4-9-20-12/h4,6-7,9-10,15H,1-3,5,8H2,(H2,14,16,17). The molecular weight excluding hydrogens is 376 g/mol. The van der Waals surface area contributed by atoms with Crippen LogP contribution < -0.4 is 9.86 Å². The van der Waals surface area contributed by atoms with E-state index in [4.69, 9.17) is 5.14 Å². The lowest BCUT2D eigenvalue weighted by molar-refractivity contribution is 0.575. The third-order valence-corrected chi connectivity index (χ3v) is 8.51. The number of thiophene rings is 2. The molecule has 0 fully saturated rings. The molecule has 0 aliphatic heterocycles. The summed E-state index contributed by atoms with van der Waals surface area (Å²) in [5, 5.41) is 8.59. The zero-order valence-corrected chi connectivity index (χ0v) is 15.5. The molecule has 0 bridgehead atoms. The molecule has 2 aromatic rings. The molecule has 0 saturated carbocycles. The number of hydrogen-bond acceptors (Lipinski definition) is 6. The maximum Gasteiger partial charge on any atom is 0.250 e. The van der Waals surface area contributed by atoms with Crippen LogP contribution in [-0.2, 0) is 26.5 Å². The Balaban J connectivity index is 1.72. The number of rotatable bonds is 9. The molecule has 128 valence electrons. The Morgan fingerprint density at radius 3 is 2.43 bits per heavy atom. The number of nitrogens with two attached hydrogens (primary N) is 1. The monoisotopic (exact) mass is 394 g/mol. The van der Waals surface area contributed by atoms with Gasteiger partial charge in [0.05, 0.1) is 0 Å². The van der Waals surface area contributed by atoms with E-state index in [2.05, 4.69) is 4.72 Å². The molecule has 2 rings (SSSR count). The van der Waals surface area contributed by atoms with Crippen LogP contribution in [-0.4, -0.2) is 23.4 Å². The summed E-state index contributed by atoms with van der Waals surface area (Å²) in [4.78, 5) is 0. The molecule has 0 radical (unpaired) electrons. The SMILES string of the molecule is NS(=O)(=O)c1sccc1CCCCCNS(=O)(=O)c1cccs1. The summed E-state index contributed by atoms with van der Waals surface area (Å²) < 4.78 is 49.6. The topological polar surface area (TPSA) is 106 Å². The van der Waals surface area contributed by atoms with Gasteiger partial charge in [0.25, 0.3) is 0 Å². The zero-order valence-electron chi connectivity index (χ0n) is 12.3. The molecule has 10 heteroatoms. The van der Waals surface area contributed by atoms with Crippen molar-refractivity contribution in [3.63, 3.8) is 0 Å². The van der Waals surface area contributed by atoms with Gasteiger partial charge in [0.2, 0.25) is 20.0 Å². The number of nitrogens with one attached hydrogen (secondary N) is 1. The largest absolute Gasteiger partial charge is 0.250 e. The normalized spacial score (nSPS) is 12.6. The van der Waals surface area contributed by atoms with E-state index in [1.807, 2.05) is 0 Å². The van der Waals surface area contributed by atoms with Crippen LogP contribution in [0.3, 0.4) is 0 Å². The Morgan fingerprint density at radius 2 is 1.78 bits per heavy atom. The highest BCUT2D eigenvalue weighted by molar-refractivity contribution is 7.91. The van der Waals surface area contributed by atoms with Crippen LogP contribution in [0.25, 0.3) is 0 Å². The Morgan fingerprint density at radius 1 is 1.00 bits per heavy atom. The van der Waals surface area contributed by atoms with Crippen LogP contribution in [0.4, 0.5) is 0 Å². The number of aryl methyl sites for hydroxylation is 1. The van der Waals surface area contributed by atoms with E-state index in [-0.39, 0.29) is 4.21 Å². The Hall–Kier alpha value is -0.780. The van der Waals surface area contributed by atoms with Crippen molar-refractivity contribution < 1.29 is 16.8 Å². The first kappa shape index (κ1) is 18.6. The molecule has 0 saturated heterocycles. The van der Waals surface area contributed by atoms with E-state index in [9.17, 15) is 16.8 Å². The molecule has 0 aromatic carbocycles. The molecule has 2 heterocycles. The van der Waals surface area contributed by atoms with Crippen molar-refractivity contribution in [2.75, 3.05) is 6.54 Å². The summed E-state index contributed by atoms with van der Waals surface area (Å²) in [5.74, 6) is 0. The first-order chi connectivity index (χ1) is 10.8. The maximum absolute atomic E-state index is 11.9. The molecule has 23 heavy (non-hydrogen) atoms. The van der Waals surface area contributed by atoms with E-state index >= 15 is 0 Å². The molecule has 0 unspecified atom stereocenters. The lowest BCUT2D eigenvalue weighted by atomic mass is 10.1. The fourth-order valence-corrected chi connectivity index (χ4v) is 6.10. The van der Waals surface area contributed by atoms with Gasteiger partial charge >= 0.3 is 0 Å². The Bertz CT molecular complexity index is 823. The van der Waals surface area contributed by atoms with Crippen LogP contribution in [0.1, 0.15) is 24.8 Å². The van der Waals surface area contributed by atoms with Crippen LogP contribution in [0.2, 0.25) is 0 Å². The molecule has 0 spiro atoms. The van der Waals surface area contributed by atoms with Gasteiger partial charge in [-0.2, -0.15) is 0 Å². The number of unbranched alkanes of at least 4 members (excludes halogenated alkanes) is 2. The van der Waals surface area contributed by atoms with Crippen LogP contribution in [0.5, 0.6) is 0 Å². The van der Waals surface area contributed by atoms with Gasteiger partial charge < -0.3 is 0 Å². The molecule has 6 nitrogen and oxygen atoms in total. The van der Waals surface area contributed by atoms with E-state index in [1.54, 1.807) is 29.0 Å². The first-order valence-corrected chi connectivity index (χ1v) is 11.7. The fraction of sp³-hybridized carbons (Fsp3) is 0.385. The average molecular weight is 395 g/mol. The van der Waals surface area contributed by atoms with Crippen molar-refractivity contribution in [2.45, 2.75) is 34.1 Å². The number of sulfonamides is 2. The minimum absolute atomic E-state index is 0.218. The second-order valence-corrected chi connectivity index (χ2v) is 10.5. The van der Waals surface area contributed by atoms with Gasteiger partial charge in [-0.15, -0.1) is 22.7 Å². The van der Waals surface area contributed by atoms with Crippen LogP contribution in [0, 0.1) is 0 Å². The molecule has 3 N–H and O–H groups in total. The summed E-state index contributed by atoms with van der Waals surface area (Å²) in [6.45, 7) is 0.367. The summed E-state index contributed by atoms with van der Waals surface area (Å²) in [6, 6.07) is 5.03. The molecule has 0 atom stereocenters. The minimum atomic E-state index is -3.65. The maximum atomic E-state index is 11.9. The third-order valence-electron chi connectivity index (χ3n) is 3.14. The fourth-order valence-electron chi connectivity index (χ4n) is 2.07.